The van der Waals surface area contributed by atoms with Gasteiger partial charge in [0.2, 0.25) is 0 Å². The van der Waals surface area contributed by atoms with Crippen molar-refractivity contribution in [2.24, 2.45) is 0 Å². The summed E-state index contributed by atoms with van der Waals surface area (Å²) in [6.07, 6.45) is 3.87. The van der Waals surface area contributed by atoms with Crippen LogP contribution >= 0.6 is 0 Å². The van der Waals surface area contributed by atoms with Gasteiger partial charge in [-0.15, -0.1) is 0 Å². The Morgan fingerprint density at radius 1 is 0.362 bits per heavy atom. The maximum Gasteiger partial charge on any atom is 0.179 e. The molecule has 0 atom stereocenters. The lowest BCUT2D eigenvalue weighted by Crippen LogP contribution is -2.74. The highest BCUT2D eigenvalue weighted by molar-refractivity contribution is 7.19. The van der Waals surface area contributed by atoms with Crippen molar-refractivity contribution in [3.05, 3.63) is 213 Å². The first kappa shape index (κ1) is 32.7. The number of hydrogen-bond donors (Lipinski definition) is 0. The summed E-state index contributed by atoms with van der Waals surface area (Å²) in [6.45, 7) is 0. The second-order valence-corrected chi connectivity index (χ2v) is 18.9. The minimum Gasteiger partial charge on any atom is -0.454 e. The van der Waals surface area contributed by atoms with Gasteiger partial charge in [0.1, 0.15) is 5.58 Å². The molecule has 0 fully saturated rings. The first-order valence-corrected chi connectivity index (χ1v) is 21.8. The molecule has 0 amide bonds. The van der Waals surface area contributed by atoms with E-state index in [4.69, 9.17) is 4.42 Å². The van der Waals surface area contributed by atoms with E-state index in [9.17, 15) is 0 Å². The Labute approximate surface area is 335 Å². The number of nitrogens with zero attached hydrogens (tertiary/aromatic N) is 3. The largest absolute Gasteiger partial charge is 0.454 e. The smallest absolute Gasteiger partial charge is 0.179 e. The van der Waals surface area contributed by atoms with Gasteiger partial charge in [0.25, 0.3) is 0 Å². The number of rotatable bonds is 6. The molecule has 0 aliphatic carbocycles. The lowest BCUT2D eigenvalue weighted by Gasteiger charge is -2.34. The molecule has 0 aliphatic heterocycles. The molecule has 8 aromatic carbocycles. The van der Waals surface area contributed by atoms with Gasteiger partial charge in [-0.25, -0.2) is 0 Å². The fraction of sp³-hybridized carbons (Fsp3) is 0. The predicted octanol–water partition coefficient (Wildman–Crippen LogP) is 10.6. The SMILES string of the molecule is c1ccc([Si](c2ccccc2)(c2ccc(-n3c4ccccc4c4cnccc43)cc2)c2ccc(-n3c4ccccc4c4ccc5c6ccccc6oc5c43)cc2)cc1. The van der Waals surface area contributed by atoms with Gasteiger partial charge in [-0.2, -0.15) is 0 Å². The van der Waals surface area contributed by atoms with Crippen LogP contribution < -0.4 is 20.7 Å². The maximum absolute atomic E-state index is 6.67. The van der Waals surface area contributed by atoms with Crippen LogP contribution in [0.15, 0.2) is 217 Å². The molecule has 0 N–H and O–H groups in total. The molecule has 58 heavy (non-hydrogen) atoms. The van der Waals surface area contributed by atoms with Crippen molar-refractivity contribution in [3.8, 4) is 11.4 Å². The summed E-state index contributed by atoms with van der Waals surface area (Å²) in [5.41, 5.74) is 8.62. The Hall–Kier alpha value is -7.47. The van der Waals surface area contributed by atoms with Crippen molar-refractivity contribution in [1.29, 1.82) is 0 Å². The summed E-state index contributed by atoms with van der Waals surface area (Å²) in [5, 5.41) is 12.3. The number of para-hydroxylation sites is 3. The van der Waals surface area contributed by atoms with Gasteiger partial charge < -0.3 is 13.6 Å². The summed E-state index contributed by atoms with van der Waals surface area (Å²) in [5.74, 6) is 0. The van der Waals surface area contributed by atoms with Gasteiger partial charge in [0, 0.05) is 56.1 Å². The van der Waals surface area contributed by atoms with Crippen LogP contribution in [0.2, 0.25) is 0 Å². The van der Waals surface area contributed by atoms with Gasteiger partial charge in [0.05, 0.1) is 22.1 Å². The van der Waals surface area contributed by atoms with Crippen LogP contribution in [-0.4, -0.2) is 22.2 Å². The third-order valence-electron chi connectivity index (χ3n) is 12.2. The second kappa shape index (κ2) is 12.8. The molecule has 5 heteroatoms. The zero-order valence-corrected chi connectivity index (χ0v) is 32.5. The topological polar surface area (TPSA) is 35.9 Å². The van der Waals surface area contributed by atoms with E-state index in [2.05, 4.69) is 208 Å². The van der Waals surface area contributed by atoms with Gasteiger partial charge in [0.15, 0.2) is 13.7 Å². The van der Waals surface area contributed by atoms with E-state index >= 15 is 0 Å². The fourth-order valence-corrected chi connectivity index (χ4v) is 14.4. The normalized spacial score (nSPS) is 12.1. The molecule has 4 aromatic heterocycles. The van der Waals surface area contributed by atoms with Gasteiger partial charge >= 0.3 is 0 Å². The van der Waals surface area contributed by atoms with E-state index in [-0.39, 0.29) is 0 Å². The standard InChI is InChI=1S/C53H35N3OSi/c1-3-13-38(14-4-1)58(39-15-5-2-6-16-39,40-27-23-36(24-28-40)55-48-20-10-8-18-43(48)47-35-54-34-33-50(47)55)41-29-25-37(26-30-41)56-49-21-11-7-17-42(49)45-31-32-46-44-19-9-12-22-51(44)57-53(46)52(45)56/h1-35H. The summed E-state index contributed by atoms with van der Waals surface area (Å²) in [4.78, 5) is 4.48. The monoisotopic (exact) mass is 757 g/mol. The lowest BCUT2D eigenvalue weighted by molar-refractivity contribution is 0.671. The van der Waals surface area contributed by atoms with E-state index in [1.165, 1.54) is 42.4 Å². The van der Waals surface area contributed by atoms with Gasteiger partial charge in [-0.3, -0.25) is 4.98 Å². The first-order valence-electron chi connectivity index (χ1n) is 19.8. The highest BCUT2D eigenvalue weighted by Crippen LogP contribution is 2.40. The summed E-state index contributed by atoms with van der Waals surface area (Å²) >= 11 is 0. The highest BCUT2D eigenvalue weighted by Gasteiger charge is 2.41. The molecular weight excluding hydrogens is 723 g/mol. The van der Waals surface area contributed by atoms with Crippen molar-refractivity contribution in [3.63, 3.8) is 0 Å². The van der Waals surface area contributed by atoms with Crippen LogP contribution in [0.5, 0.6) is 0 Å². The number of benzene rings is 8. The number of hydrogen-bond acceptors (Lipinski definition) is 2. The molecular formula is C53H35N3OSi. The summed E-state index contributed by atoms with van der Waals surface area (Å²) < 4.78 is 11.4. The number of fused-ring (bicyclic) bond motifs is 10. The Morgan fingerprint density at radius 3 is 1.50 bits per heavy atom. The first-order chi connectivity index (χ1) is 28.8. The molecule has 0 saturated carbocycles. The van der Waals surface area contributed by atoms with Crippen molar-refractivity contribution in [2.75, 3.05) is 0 Å². The molecule has 0 saturated heterocycles. The Kier molecular flexibility index (Phi) is 7.21. The third kappa shape index (κ3) is 4.65. The van der Waals surface area contributed by atoms with E-state index in [1.54, 1.807) is 0 Å². The molecule has 0 bridgehead atoms. The van der Waals surface area contributed by atoms with Crippen LogP contribution in [0.3, 0.4) is 0 Å². The third-order valence-corrected chi connectivity index (χ3v) is 17.0. The van der Waals surface area contributed by atoms with E-state index in [1.807, 2.05) is 18.5 Å². The molecule has 0 spiro atoms. The zero-order valence-electron chi connectivity index (χ0n) is 31.5. The van der Waals surface area contributed by atoms with Crippen LogP contribution in [0.4, 0.5) is 0 Å². The molecule has 12 rings (SSSR count). The Morgan fingerprint density at radius 2 is 0.845 bits per heavy atom. The number of pyridine rings is 1. The molecule has 0 unspecified atom stereocenters. The van der Waals surface area contributed by atoms with Crippen molar-refractivity contribution in [1.82, 2.24) is 14.1 Å². The van der Waals surface area contributed by atoms with Gasteiger partial charge in [-0.05, 0) is 75.3 Å². The maximum atomic E-state index is 6.67. The average Bonchev–Trinajstić information content (AvgIpc) is 3.96. The Balaban J connectivity index is 1.08. The second-order valence-electron chi connectivity index (χ2n) is 15.1. The fourth-order valence-electron chi connectivity index (χ4n) is 9.69. The van der Waals surface area contributed by atoms with Crippen molar-refractivity contribution in [2.45, 2.75) is 0 Å². The average molecular weight is 758 g/mol. The van der Waals surface area contributed by atoms with Gasteiger partial charge in [-0.1, -0.05) is 146 Å². The Bertz CT molecular complexity index is 3400. The number of aromatic nitrogens is 3. The number of furan rings is 1. The summed E-state index contributed by atoms with van der Waals surface area (Å²) in [6, 6.07) is 73.3. The molecule has 0 radical (unpaired) electrons. The molecule has 4 nitrogen and oxygen atoms in total. The molecule has 272 valence electrons. The van der Waals surface area contributed by atoms with E-state index < -0.39 is 8.07 Å². The predicted molar refractivity (Wildman–Crippen MR) is 244 cm³/mol. The lowest BCUT2D eigenvalue weighted by atomic mass is 10.1. The molecule has 12 aromatic rings. The van der Waals surface area contributed by atoms with Crippen LogP contribution in [0, 0.1) is 0 Å². The van der Waals surface area contributed by atoms with Crippen LogP contribution in [0.1, 0.15) is 0 Å². The van der Waals surface area contributed by atoms with E-state index in [0.717, 1.165) is 55.2 Å². The van der Waals surface area contributed by atoms with E-state index in [0.29, 0.717) is 0 Å². The minimum atomic E-state index is -2.84. The highest BCUT2D eigenvalue weighted by atomic mass is 28.3. The van der Waals surface area contributed by atoms with Crippen molar-refractivity contribution < 1.29 is 4.42 Å². The van der Waals surface area contributed by atoms with Crippen LogP contribution in [0.25, 0.3) is 76.9 Å². The zero-order chi connectivity index (χ0) is 38.2. The van der Waals surface area contributed by atoms with Crippen molar-refractivity contribution >= 4 is 94.4 Å². The minimum absolute atomic E-state index is 0.903. The van der Waals surface area contributed by atoms with Crippen LogP contribution in [-0.2, 0) is 0 Å². The summed E-state index contributed by atoms with van der Waals surface area (Å²) in [7, 11) is -2.84. The molecule has 0 aliphatic rings. The quantitative estimate of drug-likeness (QED) is 0.125. The molecule has 4 heterocycles.